The van der Waals surface area contributed by atoms with Crippen molar-refractivity contribution < 1.29 is 4.79 Å². The quantitative estimate of drug-likeness (QED) is 0.881. The molecule has 0 bridgehead atoms. The minimum atomic E-state index is -0.225. The lowest BCUT2D eigenvalue weighted by molar-refractivity contribution is 0.101. The van der Waals surface area contributed by atoms with Gasteiger partial charge in [0.2, 0.25) is 0 Å². The van der Waals surface area contributed by atoms with Crippen LogP contribution in [0.4, 0.5) is 5.69 Å². The van der Waals surface area contributed by atoms with Crippen LogP contribution in [0.3, 0.4) is 0 Å². The van der Waals surface area contributed by atoms with E-state index in [9.17, 15) is 4.79 Å². The fourth-order valence-electron chi connectivity index (χ4n) is 1.92. The van der Waals surface area contributed by atoms with E-state index in [4.69, 9.17) is 11.6 Å². The molecular weight excluding hydrogens is 276 g/mol. The fourth-order valence-corrected chi connectivity index (χ4v) is 2.17. The first kappa shape index (κ1) is 14.5. The predicted molar refractivity (Wildman–Crippen MR) is 79.2 cm³/mol. The van der Waals surface area contributed by atoms with Gasteiger partial charge in [0.05, 0.1) is 11.4 Å². The number of nitrogens with zero attached hydrogens (tertiary/aromatic N) is 3. The lowest BCUT2D eigenvalue weighted by Crippen LogP contribution is -2.18. The largest absolute Gasteiger partial charge is 0.318 e. The lowest BCUT2D eigenvalue weighted by Gasteiger charge is -2.10. The van der Waals surface area contributed by atoms with Gasteiger partial charge in [-0.15, -0.1) is 0 Å². The zero-order valence-corrected chi connectivity index (χ0v) is 12.5. The van der Waals surface area contributed by atoms with Gasteiger partial charge in [-0.1, -0.05) is 18.5 Å². The maximum absolute atomic E-state index is 12.4. The Morgan fingerprint density at radius 1 is 1.45 bits per heavy atom. The molecule has 0 radical (unpaired) electrons. The highest BCUT2D eigenvalue weighted by molar-refractivity contribution is 6.32. The Morgan fingerprint density at radius 3 is 2.80 bits per heavy atom. The summed E-state index contributed by atoms with van der Waals surface area (Å²) in [5, 5.41) is 7.46. The second kappa shape index (κ2) is 6.05. The Balaban J connectivity index is 2.30. The van der Waals surface area contributed by atoms with E-state index in [1.54, 1.807) is 23.0 Å². The normalized spacial score (nSPS) is 10.6. The third-order valence-corrected chi connectivity index (χ3v) is 3.36. The number of pyridine rings is 1. The molecule has 0 spiro atoms. The molecule has 20 heavy (non-hydrogen) atoms. The van der Waals surface area contributed by atoms with E-state index >= 15 is 0 Å². The summed E-state index contributed by atoms with van der Waals surface area (Å²) in [6.45, 7) is 6.47. The molecule has 6 heteroatoms. The number of hydrogen-bond donors (Lipinski definition) is 1. The number of amides is 1. The molecule has 2 aromatic rings. The average Bonchev–Trinajstić information content (AvgIpc) is 2.86. The molecule has 0 aliphatic carbocycles. The minimum Gasteiger partial charge on any atom is -0.318 e. The number of halogens is 1. The molecule has 2 heterocycles. The molecule has 1 amide bonds. The Labute approximate surface area is 123 Å². The zero-order chi connectivity index (χ0) is 14.7. The molecule has 0 aromatic carbocycles. The first-order chi connectivity index (χ1) is 9.56. The number of rotatable bonds is 4. The van der Waals surface area contributed by atoms with Gasteiger partial charge >= 0.3 is 0 Å². The third-order valence-electron chi connectivity index (χ3n) is 3.08. The van der Waals surface area contributed by atoms with Crippen molar-refractivity contribution >= 4 is 23.2 Å². The van der Waals surface area contributed by atoms with Crippen LogP contribution in [-0.2, 0) is 13.0 Å². The van der Waals surface area contributed by atoms with Crippen molar-refractivity contribution in [3.63, 3.8) is 0 Å². The maximum Gasteiger partial charge on any atom is 0.274 e. The van der Waals surface area contributed by atoms with Gasteiger partial charge in [0.1, 0.15) is 5.69 Å². The molecular formula is C14H17ClN4O. The van der Waals surface area contributed by atoms with Crippen LogP contribution in [0.15, 0.2) is 18.3 Å². The lowest BCUT2D eigenvalue weighted by atomic mass is 10.2. The van der Waals surface area contributed by atoms with Crippen molar-refractivity contribution in [1.82, 2.24) is 14.8 Å². The second-order valence-electron chi connectivity index (χ2n) is 4.44. The molecule has 0 fully saturated rings. The smallest absolute Gasteiger partial charge is 0.274 e. The fraction of sp³-hybridized carbons (Fsp3) is 0.357. The monoisotopic (exact) mass is 292 g/mol. The number of aryl methyl sites for hydroxylation is 3. The van der Waals surface area contributed by atoms with Gasteiger partial charge < -0.3 is 5.32 Å². The molecule has 0 aliphatic rings. The van der Waals surface area contributed by atoms with Gasteiger partial charge in [0.25, 0.3) is 5.91 Å². The van der Waals surface area contributed by atoms with Crippen LogP contribution in [0, 0.1) is 6.92 Å². The van der Waals surface area contributed by atoms with Crippen LogP contribution in [0.2, 0.25) is 5.15 Å². The molecule has 0 unspecified atom stereocenters. The summed E-state index contributed by atoms with van der Waals surface area (Å²) in [5.74, 6) is -0.225. The van der Waals surface area contributed by atoms with Crippen LogP contribution >= 0.6 is 11.6 Å². The summed E-state index contributed by atoms with van der Waals surface area (Å²) < 4.78 is 1.69. The van der Waals surface area contributed by atoms with Gasteiger partial charge in [-0.3, -0.25) is 9.48 Å². The van der Waals surface area contributed by atoms with Gasteiger partial charge in [-0.05, 0) is 38.0 Å². The minimum absolute atomic E-state index is 0.225. The summed E-state index contributed by atoms with van der Waals surface area (Å²) in [6, 6.07) is 3.61. The zero-order valence-electron chi connectivity index (χ0n) is 11.8. The van der Waals surface area contributed by atoms with E-state index in [2.05, 4.69) is 15.4 Å². The third kappa shape index (κ3) is 2.82. The summed E-state index contributed by atoms with van der Waals surface area (Å²) in [4.78, 5) is 16.3. The number of aromatic nitrogens is 3. The standard InChI is InChI=1S/C14H17ClN4O/c1-4-10-8-11(19(5-2)18-10)14(20)17-12-9(3)6-7-16-13(12)15/h6-8H,4-5H2,1-3H3,(H,17,20). The summed E-state index contributed by atoms with van der Waals surface area (Å²) in [5.41, 5.74) is 2.84. The van der Waals surface area contributed by atoms with Crippen molar-refractivity contribution in [3.05, 3.63) is 40.4 Å². The highest BCUT2D eigenvalue weighted by atomic mass is 35.5. The number of nitrogens with one attached hydrogen (secondary N) is 1. The number of carbonyl (C=O) groups is 1. The van der Waals surface area contributed by atoms with E-state index in [-0.39, 0.29) is 11.1 Å². The molecule has 0 saturated carbocycles. The molecule has 2 rings (SSSR count). The van der Waals surface area contributed by atoms with Crippen LogP contribution in [0.25, 0.3) is 0 Å². The summed E-state index contributed by atoms with van der Waals surface area (Å²) in [6.07, 6.45) is 2.40. The molecule has 0 atom stereocenters. The molecule has 1 N–H and O–H groups in total. The molecule has 106 valence electrons. The topological polar surface area (TPSA) is 59.8 Å². The average molecular weight is 293 g/mol. The molecule has 5 nitrogen and oxygen atoms in total. The Bertz CT molecular complexity index is 616. The van der Waals surface area contributed by atoms with E-state index in [0.29, 0.717) is 17.9 Å². The molecule has 0 aliphatic heterocycles. The van der Waals surface area contributed by atoms with Crippen molar-refractivity contribution in [2.45, 2.75) is 33.7 Å². The van der Waals surface area contributed by atoms with Crippen molar-refractivity contribution in [2.75, 3.05) is 5.32 Å². The van der Waals surface area contributed by atoms with Crippen LogP contribution in [0.1, 0.15) is 35.6 Å². The first-order valence-electron chi connectivity index (χ1n) is 6.56. The van der Waals surface area contributed by atoms with Gasteiger partial charge in [-0.2, -0.15) is 5.10 Å². The summed E-state index contributed by atoms with van der Waals surface area (Å²) in [7, 11) is 0. The molecule has 0 saturated heterocycles. The summed E-state index contributed by atoms with van der Waals surface area (Å²) >= 11 is 6.02. The van der Waals surface area contributed by atoms with Gasteiger partial charge in [0, 0.05) is 12.7 Å². The first-order valence-corrected chi connectivity index (χ1v) is 6.93. The Kier molecular flexibility index (Phi) is 4.39. The number of carbonyl (C=O) groups excluding carboxylic acids is 1. The van der Waals surface area contributed by atoms with Gasteiger partial charge in [-0.25, -0.2) is 4.98 Å². The van der Waals surface area contributed by atoms with Crippen molar-refractivity contribution in [2.24, 2.45) is 0 Å². The predicted octanol–water partition coefficient (Wildman–Crippen LogP) is 3.07. The van der Waals surface area contributed by atoms with Crippen LogP contribution < -0.4 is 5.32 Å². The van der Waals surface area contributed by atoms with E-state index < -0.39 is 0 Å². The van der Waals surface area contributed by atoms with E-state index in [1.165, 1.54) is 0 Å². The van der Waals surface area contributed by atoms with Crippen molar-refractivity contribution in [1.29, 1.82) is 0 Å². The van der Waals surface area contributed by atoms with Crippen molar-refractivity contribution in [3.8, 4) is 0 Å². The highest BCUT2D eigenvalue weighted by Crippen LogP contribution is 2.23. The number of hydrogen-bond acceptors (Lipinski definition) is 3. The molecule has 2 aromatic heterocycles. The van der Waals surface area contributed by atoms with E-state index in [1.807, 2.05) is 20.8 Å². The Morgan fingerprint density at radius 2 is 2.20 bits per heavy atom. The SMILES string of the molecule is CCc1cc(C(=O)Nc2c(C)ccnc2Cl)n(CC)n1. The second-order valence-corrected chi connectivity index (χ2v) is 4.80. The van der Waals surface area contributed by atoms with Crippen LogP contribution in [-0.4, -0.2) is 20.7 Å². The van der Waals surface area contributed by atoms with Gasteiger partial charge in [0.15, 0.2) is 5.15 Å². The number of anilines is 1. The highest BCUT2D eigenvalue weighted by Gasteiger charge is 2.16. The van der Waals surface area contributed by atoms with Crippen LogP contribution in [0.5, 0.6) is 0 Å². The van der Waals surface area contributed by atoms with E-state index in [0.717, 1.165) is 17.7 Å². The Hall–Kier alpha value is -1.88. The maximum atomic E-state index is 12.4.